The van der Waals surface area contributed by atoms with Crippen molar-refractivity contribution in [3.63, 3.8) is 0 Å². The molecule has 16 heavy (non-hydrogen) atoms. The summed E-state index contributed by atoms with van der Waals surface area (Å²) in [6, 6.07) is 5.46. The summed E-state index contributed by atoms with van der Waals surface area (Å²) >= 11 is 0. The molecule has 0 radical (unpaired) electrons. The fourth-order valence-electron chi connectivity index (χ4n) is 1.97. The minimum Gasteiger partial charge on any atom is -0.465 e. The van der Waals surface area contributed by atoms with E-state index < -0.39 is 11.4 Å². The van der Waals surface area contributed by atoms with Crippen LogP contribution in [0.5, 0.6) is 0 Å². The normalized spacial score (nSPS) is 24.2. The van der Waals surface area contributed by atoms with Gasteiger partial charge in [0.25, 0.3) is 0 Å². The van der Waals surface area contributed by atoms with E-state index in [1.807, 2.05) is 12.1 Å². The van der Waals surface area contributed by atoms with Crippen molar-refractivity contribution >= 4 is 11.8 Å². The van der Waals surface area contributed by atoms with E-state index in [0.29, 0.717) is 19.4 Å². The van der Waals surface area contributed by atoms with Gasteiger partial charge < -0.3 is 4.74 Å². The van der Waals surface area contributed by atoms with Crippen LogP contribution in [0.15, 0.2) is 24.4 Å². The molecule has 1 atom stereocenters. The minimum absolute atomic E-state index is 0.138. The molecule has 1 unspecified atom stereocenters. The molecule has 1 aromatic rings. The van der Waals surface area contributed by atoms with Gasteiger partial charge in [-0.1, -0.05) is 6.07 Å². The fourth-order valence-corrected chi connectivity index (χ4v) is 1.97. The highest BCUT2D eigenvalue weighted by Crippen LogP contribution is 2.34. The lowest BCUT2D eigenvalue weighted by Crippen LogP contribution is -2.36. The lowest BCUT2D eigenvalue weighted by atomic mass is 9.78. The number of ether oxygens (including phenoxy) is 1. The molecule has 0 aliphatic carbocycles. The number of pyridine rings is 1. The van der Waals surface area contributed by atoms with Crippen molar-refractivity contribution in [2.75, 3.05) is 6.61 Å². The summed E-state index contributed by atoms with van der Waals surface area (Å²) in [5, 5.41) is 0. The van der Waals surface area contributed by atoms with E-state index in [1.54, 1.807) is 12.3 Å². The summed E-state index contributed by atoms with van der Waals surface area (Å²) in [6.45, 7) is 1.76. The van der Waals surface area contributed by atoms with Crippen molar-refractivity contribution in [3.8, 4) is 0 Å². The molecule has 4 heteroatoms. The third-order valence-corrected chi connectivity index (χ3v) is 3.04. The van der Waals surface area contributed by atoms with Crippen molar-refractivity contribution in [2.45, 2.75) is 19.8 Å². The summed E-state index contributed by atoms with van der Waals surface area (Å²) in [5.74, 6) is -0.550. The second kappa shape index (κ2) is 4.04. The number of aromatic nitrogens is 1. The van der Waals surface area contributed by atoms with Gasteiger partial charge in [-0.05, 0) is 19.1 Å². The number of esters is 1. The largest absolute Gasteiger partial charge is 0.465 e. The topological polar surface area (TPSA) is 56.3 Å². The van der Waals surface area contributed by atoms with Crippen molar-refractivity contribution < 1.29 is 14.3 Å². The molecule has 2 heterocycles. The van der Waals surface area contributed by atoms with Gasteiger partial charge in [-0.25, -0.2) is 0 Å². The third-order valence-electron chi connectivity index (χ3n) is 3.04. The number of ketones is 1. The van der Waals surface area contributed by atoms with Crippen LogP contribution in [0.3, 0.4) is 0 Å². The molecule has 0 spiro atoms. The SMILES string of the molecule is CC(=O)C1(Cc2ccccn2)CCOC1=O. The molecule has 0 saturated carbocycles. The highest BCUT2D eigenvalue weighted by molar-refractivity contribution is 6.03. The van der Waals surface area contributed by atoms with E-state index >= 15 is 0 Å². The van der Waals surface area contributed by atoms with Gasteiger partial charge in [0.1, 0.15) is 11.2 Å². The zero-order valence-corrected chi connectivity index (χ0v) is 9.10. The molecule has 4 nitrogen and oxygen atoms in total. The summed E-state index contributed by atoms with van der Waals surface area (Å²) < 4.78 is 4.91. The summed E-state index contributed by atoms with van der Waals surface area (Å²) in [7, 11) is 0. The number of carbonyl (C=O) groups is 2. The predicted molar refractivity (Wildman–Crippen MR) is 56.6 cm³/mol. The number of carbonyl (C=O) groups excluding carboxylic acids is 2. The predicted octanol–water partition coefficient (Wildman–Crippen LogP) is 1.15. The molecule has 0 bridgehead atoms. The van der Waals surface area contributed by atoms with Crippen LogP contribution in [0.4, 0.5) is 0 Å². The van der Waals surface area contributed by atoms with Gasteiger partial charge in [0.05, 0.1) is 6.61 Å². The van der Waals surface area contributed by atoms with Gasteiger partial charge in [-0.3, -0.25) is 14.6 Å². The first-order valence-corrected chi connectivity index (χ1v) is 5.23. The van der Waals surface area contributed by atoms with Crippen LogP contribution in [-0.4, -0.2) is 23.3 Å². The van der Waals surface area contributed by atoms with Crippen molar-refractivity contribution in [2.24, 2.45) is 5.41 Å². The lowest BCUT2D eigenvalue weighted by molar-refractivity contribution is -0.150. The molecule has 1 fully saturated rings. The molecule has 1 aliphatic rings. The Morgan fingerprint density at radius 3 is 2.88 bits per heavy atom. The first kappa shape index (κ1) is 10.8. The van der Waals surface area contributed by atoms with Crippen LogP contribution >= 0.6 is 0 Å². The zero-order valence-electron chi connectivity index (χ0n) is 9.10. The molecule has 1 saturated heterocycles. The van der Waals surface area contributed by atoms with E-state index in [2.05, 4.69) is 4.98 Å². The zero-order chi connectivity index (χ0) is 11.6. The van der Waals surface area contributed by atoms with E-state index in [0.717, 1.165) is 5.69 Å². The number of hydrogen-bond donors (Lipinski definition) is 0. The number of nitrogens with zero attached hydrogens (tertiary/aromatic N) is 1. The number of hydrogen-bond acceptors (Lipinski definition) is 4. The van der Waals surface area contributed by atoms with Crippen LogP contribution < -0.4 is 0 Å². The van der Waals surface area contributed by atoms with E-state index in [4.69, 9.17) is 4.74 Å². The number of cyclic esters (lactones) is 1. The van der Waals surface area contributed by atoms with Gasteiger partial charge in [-0.15, -0.1) is 0 Å². The monoisotopic (exact) mass is 219 g/mol. The average molecular weight is 219 g/mol. The highest BCUT2D eigenvalue weighted by atomic mass is 16.5. The maximum Gasteiger partial charge on any atom is 0.320 e. The van der Waals surface area contributed by atoms with Gasteiger partial charge in [0.15, 0.2) is 0 Å². The molecule has 84 valence electrons. The first-order valence-electron chi connectivity index (χ1n) is 5.23. The molecule has 2 rings (SSSR count). The molecule has 0 aromatic carbocycles. The van der Waals surface area contributed by atoms with E-state index in [-0.39, 0.29) is 5.78 Å². The first-order chi connectivity index (χ1) is 7.65. The molecular weight excluding hydrogens is 206 g/mol. The second-order valence-corrected chi connectivity index (χ2v) is 4.02. The van der Waals surface area contributed by atoms with Crippen molar-refractivity contribution in [3.05, 3.63) is 30.1 Å². The Balaban J connectivity index is 2.29. The quantitative estimate of drug-likeness (QED) is 0.565. The summed E-state index contributed by atoms with van der Waals surface area (Å²) in [6.07, 6.45) is 2.45. The maximum absolute atomic E-state index is 11.7. The molecule has 0 amide bonds. The van der Waals surface area contributed by atoms with Gasteiger partial charge in [-0.2, -0.15) is 0 Å². The average Bonchev–Trinajstić information content (AvgIpc) is 2.63. The Hall–Kier alpha value is -1.71. The fraction of sp³-hybridized carbons (Fsp3) is 0.417. The van der Waals surface area contributed by atoms with Crippen LogP contribution in [0.1, 0.15) is 19.0 Å². The Morgan fingerprint density at radius 1 is 1.56 bits per heavy atom. The van der Waals surface area contributed by atoms with E-state index in [1.165, 1.54) is 6.92 Å². The molecular formula is C12H13NO3. The number of rotatable bonds is 3. The standard InChI is InChI=1S/C12H13NO3/c1-9(14)12(5-7-16-11(12)15)8-10-4-2-3-6-13-10/h2-4,6H,5,7-8H2,1H3. The van der Waals surface area contributed by atoms with Crippen molar-refractivity contribution in [1.29, 1.82) is 0 Å². The van der Waals surface area contributed by atoms with Gasteiger partial charge in [0.2, 0.25) is 0 Å². The van der Waals surface area contributed by atoms with Crippen LogP contribution in [-0.2, 0) is 20.7 Å². The lowest BCUT2D eigenvalue weighted by Gasteiger charge is -2.20. The minimum atomic E-state index is -1.01. The van der Waals surface area contributed by atoms with Crippen molar-refractivity contribution in [1.82, 2.24) is 4.98 Å². The smallest absolute Gasteiger partial charge is 0.320 e. The Bertz CT molecular complexity index is 416. The Kier molecular flexibility index (Phi) is 2.73. The molecule has 1 aromatic heterocycles. The van der Waals surface area contributed by atoms with Crippen LogP contribution in [0, 0.1) is 5.41 Å². The third kappa shape index (κ3) is 1.71. The van der Waals surface area contributed by atoms with E-state index in [9.17, 15) is 9.59 Å². The summed E-state index contributed by atoms with van der Waals surface area (Å²) in [5.41, 5.74) is -0.259. The number of Topliss-reactive ketones (excluding diaryl/α,β-unsaturated/α-hetero) is 1. The second-order valence-electron chi connectivity index (χ2n) is 4.02. The Morgan fingerprint density at radius 2 is 2.38 bits per heavy atom. The van der Waals surface area contributed by atoms with Gasteiger partial charge >= 0.3 is 5.97 Å². The van der Waals surface area contributed by atoms with Crippen LogP contribution in [0.2, 0.25) is 0 Å². The van der Waals surface area contributed by atoms with Gasteiger partial charge in [0, 0.05) is 24.7 Å². The highest BCUT2D eigenvalue weighted by Gasteiger charge is 2.49. The molecule has 0 N–H and O–H groups in total. The summed E-state index contributed by atoms with van der Waals surface area (Å²) in [4.78, 5) is 27.5. The van der Waals surface area contributed by atoms with Crippen LogP contribution in [0.25, 0.3) is 0 Å². The maximum atomic E-state index is 11.7. The Labute approximate surface area is 93.6 Å². The molecule has 1 aliphatic heterocycles.